The summed E-state index contributed by atoms with van der Waals surface area (Å²) in [5.74, 6) is 1.56. The maximum atomic E-state index is 13.0. The van der Waals surface area contributed by atoms with Gasteiger partial charge in [0.05, 0.1) is 35.5 Å². The third kappa shape index (κ3) is 4.76. The first-order chi connectivity index (χ1) is 17.5. The molecule has 2 aromatic carbocycles. The van der Waals surface area contributed by atoms with Crippen LogP contribution in [0.15, 0.2) is 54.6 Å². The Morgan fingerprint density at radius 1 is 1.08 bits per heavy atom. The largest absolute Gasteiger partial charge is 0.497 e. The second-order valence-electron chi connectivity index (χ2n) is 9.34. The van der Waals surface area contributed by atoms with E-state index in [2.05, 4.69) is 39.5 Å². The van der Waals surface area contributed by atoms with E-state index in [1.165, 1.54) is 5.56 Å². The number of hydrogen-bond acceptors (Lipinski definition) is 6. The molecule has 1 fully saturated rings. The number of methoxy groups -OCH3 is 1. The molecule has 8 nitrogen and oxygen atoms in total. The maximum Gasteiger partial charge on any atom is 0.224 e. The zero-order chi connectivity index (χ0) is 25.1. The standard InChI is InChI=1S/C28H32N6O2/c1-19-25-20(2)34(23-11-13-24(36-3)14-12-23)32-26(25)27(31-30-19)33-17-7-10-22(18-33)28(35)29-16-15-21-8-5-4-6-9-21/h4-6,8-9,11-14,22H,7,10,15-18H2,1-3H3,(H,29,35)/t22-/m1/s1. The average Bonchev–Trinajstić information content (AvgIpc) is 3.27. The van der Waals surface area contributed by atoms with Crippen LogP contribution in [0.25, 0.3) is 16.6 Å². The molecule has 4 aromatic rings. The maximum absolute atomic E-state index is 13.0. The van der Waals surface area contributed by atoms with Gasteiger partial charge in [0.25, 0.3) is 0 Å². The van der Waals surface area contributed by atoms with Crippen LogP contribution < -0.4 is 15.0 Å². The van der Waals surface area contributed by atoms with E-state index in [4.69, 9.17) is 9.84 Å². The summed E-state index contributed by atoms with van der Waals surface area (Å²) >= 11 is 0. The van der Waals surface area contributed by atoms with Gasteiger partial charge in [0.15, 0.2) is 5.82 Å². The van der Waals surface area contributed by atoms with Gasteiger partial charge in [0.2, 0.25) is 5.91 Å². The Morgan fingerprint density at radius 2 is 1.86 bits per heavy atom. The molecule has 1 saturated heterocycles. The fourth-order valence-corrected chi connectivity index (χ4v) is 5.00. The van der Waals surface area contributed by atoms with Crippen molar-refractivity contribution in [3.05, 3.63) is 71.5 Å². The molecule has 1 aliphatic rings. The van der Waals surface area contributed by atoms with E-state index in [1.807, 2.05) is 54.1 Å². The van der Waals surface area contributed by atoms with Crippen molar-refractivity contribution in [2.24, 2.45) is 5.92 Å². The number of benzene rings is 2. The molecule has 0 spiro atoms. The number of fused-ring (bicyclic) bond motifs is 1. The number of anilines is 1. The summed E-state index contributed by atoms with van der Waals surface area (Å²) in [5.41, 5.74) is 4.85. The van der Waals surface area contributed by atoms with Gasteiger partial charge in [0.1, 0.15) is 11.3 Å². The highest BCUT2D eigenvalue weighted by molar-refractivity contribution is 5.92. The third-order valence-corrected chi connectivity index (χ3v) is 6.95. The molecule has 0 aliphatic carbocycles. The highest BCUT2D eigenvalue weighted by Gasteiger charge is 2.29. The molecule has 0 unspecified atom stereocenters. The van der Waals surface area contributed by atoms with E-state index in [0.717, 1.165) is 65.4 Å². The lowest BCUT2D eigenvalue weighted by Gasteiger charge is -2.32. The monoisotopic (exact) mass is 484 g/mol. The van der Waals surface area contributed by atoms with Crippen molar-refractivity contribution >= 4 is 22.6 Å². The van der Waals surface area contributed by atoms with E-state index in [9.17, 15) is 4.79 Å². The van der Waals surface area contributed by atoms with E-state index in [1.54, 1.807) is 7.11 Å². The van der Waals surface area contributed by atoms with Crippen molar-refractivity contribution in [1.82, 2.24) is 25.3 Å². The molecular formula is C28H32N6O2. The number of nitrogens with zero attached hydrogens (tertiary/aromatic N) is 5. The minimum absolute atomic E-state index is 0.0857. The number of carbonyl (C=O) groups is 1. The first-order valence-electron chi connectivity index (χ1n) is 12.5. The molecule has 0 bridgehead atoms. The number of piperidine rings is 1. The number of carbonyl (C=O) groups excluding carboxylic acids is 1. The van der Waals surface area contributed by atoms with Crippen LogP contribution in [0.2, 0.25) is 0 Å². The SMILES string of the molecule is COc1ccc(-n2nc3c(N4CCC[C@@H](C(=O)NCCc5ccccc5)C4)nnc(C)c3c2C)cc1. The highest BCUT2D eigenvalue weighted by Crippen LogP contribution is 2.32. The summed E-state index contributed by atoms with van der Waals surface area (Å²) in [6.07, 6.45) is 2.62. The Hall–Kier alpha value is -3.94. The summed E-state index contributed by atoms with van der Waals surface area (Å²) in [5, 5.41) is 18.1. The summed E-state index contributed by atoms with van der Waals surface area (Å²) in [6.45, 7) is 6.09. The van der Waals surface area contributed by atoms with Crippen LogP contribution in [0, 0.1) is 19.8 Å². The number of aryl methyl sites for hydroxylation is 2. The number of ether oxygens (including phenoxy) is 1. The topological polar surface area (TPSA) is 85.2 Å². The lowest BCUT2D eigenvalue weighted by molar-refractivity contribution is -0.125. The highest BCUT2D eigenvalue weighted by atomic mass is 16.5. The first-order valence-corrected chi connectivity index (χ1v) is 12.5. The minimum atomic E-state index is -0.0857. The third-order valence-electron chi connectivity index (χ3n) is 6.95. The van der Waals surface area contributed by atoms with Crippen molar-refractivity contribution in [3.8, 4) is 11.4 Å². The smallest absolute Gasteiger partial charge is 0.224 e. The molecular weight excluding hydrogens is 452 g/mol. The summed E-state index contributed by atoms with van der Waals surface area (Å²) < 4.78 is 7.23. The number of rotatable bonds is 7. The van der Waals surface area contributed by atoms with E-state index < -0.39 is 0 Å². The van der Waals surface area contributed by atoms with Crippen LogP contribution in [-0.2, 0) is 11.2 Å². The molecule has 5 rings (SSSR count). The van der Waals surface area contributed by atoms with Gasteiger partial charge in [0, 0.05) is 19.6 Å². The Morgan fingerprint density at radius 3 is 2.61 bits per heavy atom. The number of amides is 1. The van der Waals surface area contributed by atoms with Gasteiger partial charge >= 0.3 is 0 Å². The molecule has 2 aromatic heterocycles. The predicted octanol–water partition coefficient (Wildman–Crippen LogP) is 4.02. The number of aromatic nitrogens is 4. The van der Waals surface area contributed by atoms with Crippen LogP contribution in [0.4, 0.5) is 5.82 Å². The second-order valence-corrected chi connectivity index (χ2v) is 9.34. The predicted molar refractivity (Wildman–Crippen MR) is 141 cm³/mol. The van der Waals surface area contributed by atoms with Crippen molar-refractivity contribution in [2.75, 3.05) is 31.6 Å². The fraction of sp³-hybridized carbons (Fsp3) is 0.357. The van der Waals surface area contributed by atoms with Crippen LogP contribution in [0.5, 0.6) is 5.75 Å². The Labute approximate surface area is 211 Å². The van der Waals surface area contributed by atoms with Crippen molar-refractivity contribution in [2.45, 2.75) is 33.1 Å². The second kappa shape index (κ2) is 10.4. The molecule has 1 aliphatic heterocycles. The quantitative estimate of drug-likeness (QED) is 0.427. The lowest BCUT2D eigenvalue weighted by atomic mass is 9.97. The first kappa shape index (κ1) is 23.8. The molecule has 1 atom stereocenters. The summed E-state index contributed by atoms with van der Waals surface area (Å²) in [6, 6.07) is 18.1. The van der Waals surface area contributed by atoms with Crippen LogP contribution in [0.3, 0.4) is 0 Å². The fourth-order valence-electron chi connectivity index (χ4n) is 5.00. The van der Waals surface area contributed by atoms with Gasteiger partial charge in [-0.15, -0.1) is 5.10 Å². The lowest BCUT2D eigenvalue weighted by Crippen LogP contribution is -2.44. The van der Waals surface area contributed by atoms with E-state index in [-0.39, 0.29) is 11.8 Å². The summed E-state index contributed by atoms with van der Waals surface area (Å²) in [7, 11) is 1.66. The molecule has 3 heterocycles. The van der Waals surface area contributed by atoms with Gasteiger partial charge in [-0.05, 0) is 62.9 Å². The Kier molecular flexibility index (Phi) is 6.84. The molecule has 0 saturated carbocycles. The zero-order valence-electron chi connectivity index (χ0n) is 21.1. The van der Waals surface area contributed by atoms with Gasteiger partial charge in [-0.3, -0.25) is 4.79 Å². The van der Waals surface area contributed by atoms with Gasteiger partial charge in [-0.1, -0.05) is 30.3 Å². The molecule has 36 heavy (non-hydrogen) atoms. The molecule has 186 valence electrons. The van der Waals surface area contributed by atoms with Crippen molar-refractivity contribution in [3.63, 3.8) is 0 Å². The van der Waals surface area contributed by atoms with Gasteiger partial charge in [-0.2, -0.15) is 10.2 Å². The molecule has 1 amide bonds. The number of nitrogens with one attached hydrogen (secondary N) is 1. The van der Waals surface area contributed by atoms with Crippen LogP contribution >= 0.6 is 0 Å². The Bertz CT molecular complexity index is 1350. The van der Waals surface area contributed by atoms with Crippen LogP contribution in [0.1, 0.15) is 29.8 Å². The van der Waals surface area contributed by atoms with E-state index in [0.29, 0.717) is 13.1 Å². The normalized spacial score (nSPS) is 15.8. The van der Waals surface area contributed by atoms with Gasteiger partial charge < -0.3 is 15.0 Å². The molecule has 0 radical (unpaired) electrons. The summed E-state index contributed by atoms with van der Waals surface area (Å²) in [4.78, 5) is 15.1. The van der Waals surface area contributed by atoms with E-state index >= 15 is 0 Å². The minimum Gasteiger partial charge on any atom is -0.497 e. The zero-order valence-corrected chi connectivity index (χ0v) is 21.1. The van der Waals surface area contributed by atoms with Gasteiger partial charge in [-0.25, -0.2) is 4.68 Å². The Balaban J connectivity index is 1.35. The van der Waals surface area contributed by atoms with Crippen molar-refractivity contribution < 1.29 is 9.53 Å². The molecule has 1 N–H and O–H groups in total. The van der Waals surface area contributed by atoms with Crippen LogP contribution in [-0.4, -0.2) is 52.6 Å². The average molecular weight is 485 g/mol. The number of hydrogen-bond donors (Lipinski definition) is 1. The van der Waals surface area contributed by atoms with Crippen molar-refractivity contribution in [1.29, 1.82) is 0 Å². The molecule has 8 heteroatoms.